The van der Waals surface area contributed by atoms with Crippen LogP contribution < -0.4 is 4.74 Å². The molecule has 1 aromatic heterocycles. The second kappa shape index (κ2) is 7.89. The summed E-state index contributed by atoms with van der Waals surface area (Å²) in [4.78, 5) is 15.0. The molecule has 3 aromatic rings. The lowest BCUT2D eigenvalue weighted by Gasteiger charge is -2.34. The molecule has 0 aliphatic carbocycles. The summed E-state index contributed by atoms with van der Waals surface area (Å²) in [5.41, 5.74) is 4.65. The molecule has 0 N–H and O–H groups in total. The van der Waals surface area contributed by atoms with Crippen molar-refractivity contribution in [3.63, 3.8) is 0 Å². The van der Waals surface area contributed by atoms with Crippen LogP contribution in [-0.2, 0) is 24.8 Å². The van der Waals surface area contributed by atoms with Gasteiger partial charge in [-0.25, -0.2) is 0 Å². The van der Waals surface area contributed by atoms with Crippen LogP contribution in [0.25, 0.3) is 0 Å². The molecular weight excluding hydrogens is 350 g/mol. The summed E-state index contributed by atoms with van der Waals surface area (Å²) >= 11 is 0. The van der Waals surface area contributed by atoms with Crippen molar-refractivity contribution in [2.45, 2.75) is 25.8 Å². The molecule has 0 radical (unpaired) electrons. The number of aryl methyl sites for hydroxylation is 1. The maximum atomic E-state index is 13.0. The molecule has 1 atom stereocenters. The number of aromatic nitrogens is 2. The second-order valence-corrected chi connectivity index (χ2v) is 7.23. The van der Waals surface area contributed by atoms with Crippen LogP contribution in [0.2, 0.25) is 0 Å². The monoisotopic (exact) mass is 375 g/mol. The minimum atomic E-state index is 0.146. The summed E-state index contributed by atoms with van der Waals surface area (Å²) < 4.78 is 7.30. The van der Waals surface area contributed by atoms with E-state index < -0.39 is 0 Å². The van der Waals surface area contributed by atoms with E-state index in [1.54, 1.807) is 0 Å². The molecule has 5 nitrogen and oxygen atoms in total. The predicted octanol–water partition coefficient (Wildman–Crippen LogP) is 3.54. The molecule has 1 amide bonds. The Morgan fingerprint density at radius 1 is 1.18 bits per heavy atom. The molecule has 144 valence electrons. The Hall–Kier alpha value is -3.08. The van der Waals surface area contributed by atoms with Gasteiger partial charge in [0.05, 0.1) is 19.2 Å². The molecule has 2 heterocycles. The topological polar surface area (TPSA) is 47.4 Å². The van der Waals surface area contributed by atoms with Crippen molar-refractivity contribution in [1.82, 2.24) is 14.7 Å². The van der Waals surface area contributed by atoms with E-state index in [-0.39, 0.29) is 11.8 Å². The summed E-state index contributed by atoms with van der Waals surface area (Å²) in [5.74, 6) is 1.14. The zero-order chi connectivity index (χ0) is 19.5. The average Bonchev–Trinajstić information content (AvgIpc) is 3.15. The Morgan fingerprint density at radius 3 is 2.68 bits per heavy atom. The molecule has 0 saturated carbocycles. The van der Waals surface area contributed by atoms with E-state index in [0.29, 0.717) is 26.1 Å². The highest BCUT2D eigenvalue weighted by Gasteiger charge is 2.29. The van der Waals surface area contributed by atoms with E-state index in [0.717, 1.165) is 16.9 Å². The molecule has 4 rings (SSSR count). The summed E-state index contributed by atoms with van der Waals surface area (Å²) in [6.07, 6.45) is 4.35. The largest absolute Gasteiger partial charge is 0.494 e. The number of fused-ring (bicyclic) bond motifs is 1. The Kier molecular flexibility index (Phi) is 5.15. The Labute approximate surface area is 165 Å². The third-order valence-electron chi connectivity index (χ3n) is 5.26. The number of hydrogen-bond acceptors (Lipinski definition) is 3. The lowest BCUT2D eigenvalue weighted by Crippen LogP contribution is -2.39. The molecule has 1 aliphatic heterocycles. The van der Waals surface area contributed by atoms with Crippen molar-refractivity contribution in [2.75, 3.05) is 13.2 Å². The molecule has 2 aromatic carbocycles. The zero-order valence-electron chi connectivity index (χ0n) is 16.3. The fraction of sp³-hybridized carbons (Fsp3) is 0.304. The van der Waals surface area contributed by atoms with Gasteiger partial charge in [0.2, 0.25) is 5.91 Å². The van der Waals surface area contributed by atoms with Gasteiger partial charge in [-0.3, -0.25) is 9.48 Å². The van der Waals surface area contributed by atoms with Gasteiger partial charge in [0, 0.05) is 32.3 Å². The highest BCUT2D eigenvalue weighted by Crippen LogP contribution is 2.33. The van der Waals surface area contributed by atoms with Crippen LogP contribution >= 0.6 is 0 Å². The van der Waals surface area contributed by atoms with Crippen LogP contribution in [0.15, 0.2) is 60.9 Å². The maximum absolute atomic E-state index is 13.0. The average molecular weight is 375 g/mol. The first kappa shape index (κ1) is 18.3. The summed E-state index contributed by atoms with van der Waals surface area (Å²) in [7, 11) is 1.92. The maximum Gasteiger partial charge on any atom is 0.227 e. The van der Waals surface area contributed by atoms with E-state index >= 15 is 0 Å². The number of carbonyl (C=O) groups is 1. The van der Waals surface area contributed by atoms with E-state index in [1.165, 1.54) is 11.1 Å². The van der Waals surface area contributed by atoms with Crippen LogP contribution in [0, 0.1) is 0 Å². The molecule has 1 aliphatic rings. The van der Waals surface area contributed by atoms with Crippen molar-refractivity contribution in [3.05, 3.63) is 83.2 Å². The van der Waals surface area contributed by atoms with Crippen molar-refractivity contribution in [2.24, 2.45) is 7.05 Å². The standard InChI is InChI=1S/C23H25N3O2/c1-3-28-20-10-8-17(9-11-20)12-23(27)26-15-18-6-4-5-7-21(18)22(16-26)19-13-24-25(2)14-19/h4-11,13-14,22H,3,12,15-16H2,1-2H3. The van der Waals surface area contributed by atoms with E-state index in [1.807, 2.05) is 66.3 Å². The number of benzene rings is 2. The predicted molar refractivity (Wildman–Crippen MR) is 108 cm³/mol. The van der Waals surface area contributed by atoms with Gasteiger partial charge in [0.25, 0.3) is 0 Å². The fourth-order valence-corrected chi connectivity index (χ4v) is 3.86. The van der Waals surface area contributed by atoms with E-state index in [9.17, 15) is 4.79 Å². The van der Waals surface area contributed by atoms with Crippen LogP contribution in [0.5, 0.6) is 5.75 Å². The van der Waals surface area contributed by atoms with E-state index in [4.69, 9.17) is 4.74 Å². The number of rotatable bonds is 5. The van der Waals surface area contributed by atoms with Gasteiger partial charge in [0.1, 0.15) is 5.75 Å². The highest BCUT2D eigenvalue weighted by atomic mass is 16.5. The van der Waals surface area contributed by atoms with Gasteiger partial charge in [-0.2, -0.15) is 5.10 Å². The SMILES string of the molecule is CCOc1ccc(CC(=O)N2Cc3ccccc3C(c3cnn(C)c3)C2)cc1. The van der Waals surface area contributed by atoms with Crippen molar-refractivity contribution >= 4 is 5.91 Å². The van der Waals surface area contributed by atoms with Crippen LogP contribution in [-0.4, -0.2) is 33.7 Å². The van der Waals surface area contributed by atoms with Gasteiger partial charge in [-0.05, 0) is 41.3 Å². The van der Waals surface area contributed by atoms with Crippen molar-refractivity contribution in [1.29, 1.82) is 0 Å². The Morgan fingerprint density at radius 2 is 1.96 bits per heavy atom. The number of nitrogens with zero attached hydrogens (tertiary/aromatic N) is 3. The third kappa shape index (κ3) is 3.79. The van der Waals surface area contributed by atoms with Crippen LogP contribution in [0.4, 0.5) is 0 Å². The van der Waals surface area contributed by atoms with Gasteiger partial charge < -0.3 is 9.64 Å². The Balaban J connectivity index is 1.54. The molecule has 1 unspecified atom stereocenters. The normalized spacial score (nSPS) is 15.9. The summed E-state index contributed by atoms with van der Waals surface area (Å²) in [5, 5.41) is 4.33. The minimum absolute atomic E-state index is 0.146. The molecule has 0 spiro atoms. The minimum Gasteiger partial charge on any atom is -0.494 e. The van der Waals surface area contributed by atoms with Crippen molar-refractivity contribution < 1.29 is 9.53 Å². The fourth-order valence-electron chi connectivity index (χ4n) is 3.86. The first-order valence-corrected chi connectivity index (χ1v) is 9.70. The van der Waals surface area contributed by atoms with Crippen LogP contribution in [0.1, 0.15) is 35.1 Å². The van der Waals surface area contributed by atoms with Gasteiger partial charge in [0.15, 0.2) is 0 Å². The second-order valence-electron chi connectivity index (χ2n) is 7.23. The van der Waals surface area contributed by atoms with Crippen LogP contribution in [0.3, 0.4) is 0 Å². The molecule has 0 bridgehead atoms. The Bertz CT molecular complexity index is 962. The number of carbonyl (C=O) groups excluding carboxylic acids is 1. The lowest BCUT2D eigenvalue weighted by molar-refractivity contribution is -0.131. The first-order chi connectivity index (χ1) is 13.6. The third-order valence-corrected chi connectivity index (χ3v) is 5.26. The van der Waals surface area contributed by atoms with Crippen molar-refractivity contribution in [3.8, 4) is 5.75 Å². The summed E-state index contributed by atoms with van der Waals surface area (Å²) in [6.45, 7) is 3.94. The lowest BCUT2D eigenvalue weighted by atomic mass is 9.86. The molecule has 0 saturated heterocycles. The zero-order valence-corrected chi connectivity index (χ0v) is 16.3. The number of ether oxygens (including phenoxy) is 1. The number of amides is 1. The van der Waals surface area contributed by atoms with Gasteiger partial charge in [-0.1, -0.05) is 36.4 Å². The summed E-state index contributed by atoms with van der Waals surface area (Å²) in [6, 6.07) is 16.2. The highest BCUT2D eigenvalue weighted by molar-refractivity contribution is 5.79. The first-order valence-electron chi connectivity index (χ1n) is 9.70. The molecular formula is C23H25N3O2. The number of hydrogen-bond donors (Lipinski definition) is 0. The van der Waals surface area contributed by atoms with Gasteiger partial charge in [-0.15, -0.1) is 0 Å². The molecule has 5 heteroatoms. The van der Waals surface area contributed by atoms with E-state index in [2.05, 4.69) is 23.3 Å². The quantitative estimate of drug-likeness (QED) is 0.685. The molecule has 0 fully saturated rings. The molecule has 28 heavy (non-hydrogen) atoms. The van der Waals surface area contributed by atoms with Gasteiger partial charge >= 0.3 is 0 Å². The smallest absolute Gasteiger partial charge is 0.227 e.